The van der Waals surface area contributed by atoms with Gasteiger partial charge in [0.2, 0.25) is 0 Å². The summed E-state index contributed by atoms with van der Waals surface area (Å²) >= 11 is 0. The third kappa shape index (κ3) is 3.16. The van der Waals surface area contributed by atoms with Gasteiger partial charge in [0.15, 0.2) is 5.82 Å². The van der Waals surface area contributed by atoms with Crippen LogP contribution in [0.5, 0.6) is 0 Å². The summed E-state index contributed by atoms with van der Waals surface area (Å²) in [6, 6.07) is 16.0. The van der Waals surface area contributed by atoms with E-state index in [-0.39, 0.29) is 24.0 Å². The van der Waals surface area contributed by atoms with Gasteiger partial charge >= 0.3 is 0 Å². The molecule has 128 valence electrons. The number of fused-ring (bicyclic) bond motifs is 2. The highest BCUT2D eigenvalue weighted by molar-refractivity contribution is 14.0. The molecule has 2 aromatic rings. The zero-order valence-electron chi connectivity index (χ0n) is 14.4. The first kappa shape index (κ1) is 17.6. The van der Waals surface area contributed by atoms with Crippen molar-refractivity contribution in [1.29, 1.82) is 0 Å². The van der Waals surface area contributed by atoms with Crippen LogP contribution in [0.15, 0.2) is 42.5 Å². The summed E-state index contributed by atoms with van der Waals surface area (Å²) < 4.78 is 1.17. The van der Waals surface area contributed by atoms with Gasteiger partial charge in [-0.25, -0.2) is 0 Å². The Morgan fingerprint density at radius 1 is 0.917 bits per heavy atom. The average molecular weight is 437 g/mol. The first-order valence-electron chi connectivity index (χ1n) is 8.62. The molecule has 0 spiro atoms. The third-order valence-corrected chi connectivity index (χ3v) is 5.92. The number of rotatable bonds is 2. The molecule has 3 heterocycles. The van der Waals surface area contributed by atoms with Crippen molar-refractivity contribution in [2.75, 3.05) is 32.1 Å². The Balaban J connectivity index is 0.00000169. The van der Waals surface area contributed by atoms with E-state index >= 15 is 0 Å². The Morgan fingerprint density at radius 2 is 1.67 bits per heavy atom. The summed E-state index contributed by atoms with van der Waals surface area (Å²) in [4.78, 5) is 2.44. The van der Waals surface area contributed by atoms with E-state index in [0.29, 0.717) is 0 Å². The van der Waals surface area contributed by atoms with Crippen molar-refractivity contribution in [3.63, 3.8) is 0 Å². The van der Waals surface area contributed by atoms with Crippen molar-refractivity contribution in [1.82, 2.24) is 10.2 Å². The molecule has 2 saturated heterocycles. The molecule has 1 aromatic heterocycles. The van der Waals surface area contributed by atoms with Crippen molar-refractivity contribution < 1.29 is 4.48 Å². The van der Waals surface area contributed by atoms with Crippen LogP contribution in [-0.4, -0.2) is 53.9 Å². The topological polar surface area (TPSA) is 29.0 Å². The average Bonchev–Trinajstić information content (AvgIpc) is 2.76. The van der Waals surface area contributed by atoms with Crippen LogP contribution in [0.4, 0.5) is 5.82 Å². The van der Waals surface area contributed by atoms with Gasteiger partial charge in [0.05, 0.1) is 32.4 Å². The molecule has 24 heavy (non-hydrogen) atoms. The second-order valence-electron chi connectivity index (χ2n) is 7.39. The second-order valence-corrected chi connectivity index (χ2v) is 7.39. The van der Waals surface area contributed by atoms with Crippen molar-refractivity contribution in [2.45, 2.75) is 31.3 Å². The van der Waals surface area contributed by atoms with Crippen LogP contribution in [0.25, 0.3) is 11.3 Å². The van der Waals surface area contributed by atoms with Crippen LogP contribution in [0, 0.1) is 0 Å². The number of anilines is 1. The Kier molecular flexibility index (Phi) is 5.11. The molecule has 4 nitrogen and oxygen atoms in total. The maximum absolute atomic E-state index is 4.52. The van der Waals surface area contributed by atoms with Gasteiger partial charge in [-0.15, -0.1) is 34.2 Å². The highest BCUT2D eigenvalue weighted by Crippen LogP contribution is 2.35. The van der Waals surface area contributed by atoms with E-state index in [1.165, 1.54) is 23.7 Å². The Bertz CT molecular complexity index is 672. The molecule has 2 aliphatic rings. The molecule has 0 aliphatic carbocycles. The monoisotopic (exact) mass is 437 g/mol. The normalized spacial score (nSPS) is 25.0. The highest BCUT2D eigenvalue weighted by atomic mass is 127. The third-order valence-electron chi connectivity index (χ3n) is 5.92. The van der Waals surface area contributed by atoms with Crippen molar-refractivity contribution in [3.8, 4) is 11.3 Å². The van der Waals surface area contributed by atoms with E-state index in [9.17, 15) is 0 Å². The summed E-state index contributed by atoms with van der Waals surface area (Å²) in [5.41, 5.74) is 2.07. The van der Waals surface area contributed by atoms with Gasteiger partial charge in [0, 0.05) is 31.4 Å². The summed E-state index contributed by atoms with van der Waals surface area (Å²) in [6.07, 6.45) is 3.97. The van der Waals surface area contributed by atoms with E-state index in [1.807, 2.05) is 18.2 Å². The zero-order chi connectivity index (χ0) is 15.9. The second kappa shape index (κ2) is 6.96. The fourth-order valence-electron chi connectivity index (χ4n) is 4.24. The molecular formula is C19H26IN4+. The molecule has 2 atom stereocenters. The van der Waals surface area contributed by atoms with Crippen LogP contribution in [-0.2, 0) is 0 Å². The van der Waals surface area contributed by atoms with Crippen LogP contribution < -0.4 is 4.90 Å². The number of quaternary nitrogens is 1. The van der Waals surface area contributed by atoms with E-state index in [2.05, 4.69) is 53.5 Å². The van der Waals surface area contributed by atoms with E-state index in [0.717, 1.165) is 42.2 Å². The lowest BCUT2D eigenvalue weighted by Gasteiger charge is -2.35. The molecule has 4 rings (SSSR count). The molecular weight excluding hydrogens is 411 g/mol. The smallest absolute Gasteiger partial charge is 0.151 e. The number of halogens is 1. The van der Waals surface area contributed by atoms with E-state index < -0.39 is 0 Å². The lowest BCUT2D eigenvalue weighted by Crippen LogP contribution is -2.51. The Hall–Kier alpha value is -1.21. The number of hydrogen-bond donors (Lipinski definition) is 0. The Labute approximate surface area is 161 Å². The predicted octanol–water partition coefficient (Wildman–Crippen LogP) is 3.58. The van der Waals surface area contributed by atoms with Gasteiger partial charge in [-0.3, -0.25) is 0 Å². The van der Waals surface area contributed by atoms with Crippen LogP contribution in [0.3, 0.4) is 0 Å². The van der Waals surface area contributed by atoms with Gasteiger partial charge in [0.1, 0.15) is 6.04 Å². The molecule has 0 unspecified atom stereocenters. The predicted molar refractivity (Wildman–Crippen MR) is 109 cm³/mol. The number of aromatic nitrogens is 2. The largest absolute Gasteiger partial charge is 0.349 e. The molecule has 0 radical (unpaired) electrons. The summed E-state index contributed by atoms with van der Waals surface area (Å²) in [5, 5.41) is 8.98. The van der Waals surface area contributed by atoms with E-state index in [4.69, 9.17) is 0 Å². The molecule has 0 saturated carbocycles. The van der Waals surface area contributed by atoms with Crippen molar-refractivity contribution >= 4 is 29.8 Å². The number of likely N-dealkylation sites (N-methyl/N-ethyl adjacent to an activating group) is 1. The van der Waals surface area contributed by atoms with Crippen LogP contribution in [0.2, 0.25) is 0 Å². The lowest BCUT2D eigenvalue weighted by molar-refractivity contribution is -0.922. The maximum atomic E-state index is 4.52. The molecule has 1 aromatic carbocycles. The van der Waals surface area contributed by atoms with Crippen LogP contribution in [0.1, 0.15) is 19.3 Å². The quantitative estimate of drug-likeness (QED) is 0.532. The van der Waals surface area contributed by atoms with Gasteiger partial charge < -0.3 is 9.38 Å². The van der Waals surface area contributed by atoms with Gasteiger partial charge in [-0.1, -0.05) is 30.3 Å². The minimum absolute atomic E-state index is 0. The fourth-order valence-corrected chi connectivity index (χ4v) is 4.24. The van der Waals surface area contributed by atoms with Gasteiger partial charge in [-0.2, -0.15) is 0 Å². The number of benzene rings is 1. The SMILES string of the molecule is C[N+]1(C)[C@H]2CC[C@@H]1CN(c1ccc(-c3ccccc3)nn1)CC2.I. The van der Waals surface area contributed by atoms with Gasteiger partial charge in [0.25, 0.3) is 0 Å². The van der Waals surface area contributed by atoms with E-state index in [1.54, 1.807) is 0 Å². The first-order valence-corrected chi connectivity index (χ1v) is 8.62. The maximum Gasteiger partial charge on any atom is 0.151 e. The number of nitrogens with zero attached hydrogens (tertiary/aromatic N) is 4. The van der Waals surface area contributed by atoms with Crippen LogP contribution >= 0.6 is 24.0 Å². The molecule has 2 aliphatic heterocycles. The molecule has 2 fully saturated rings. The minimum Gasteiger partial charge on any atom is -0.349 e. The zero-order valence-corrected chi connectivity index (χ0v) is 16.8. The van der Waals surface area contributed by atoms with Gasteiger partial charge in [-0.05, 0) is 12.1 Å². The summed E-state index contributed by atoms with van der Waals surface area (Å²) in [7, 11) is 4.80. The standard InChI is InChI=1S/C19H25N4.HI/c1-23(2)16-8-9-17(23)14-22(13-12-16)19-11-10-18(20-21-19)15-6-4-3-5-7-15;/h3-7,10-11,16-17H,8-9,12-14H2,1-2H3;1H/q+1;/t16-,17+;/m0./s1. The van der Waals surface area contributed by atoms with Crippen molar-refractivity contribution in [2.24, 2.45) is 0 Å². The first-order chi connectivity index (χ1) is 11.1. The lowest BCUT2D eigenvalue weighted by atomic mass is 10.1. The highest BCUT2D eigenvalue weighted by Gasteiger charge is 2.45. The Morgan fingerprint density at radius 3 is 2.38 bits per heavy atom. The minimum atomic E-state index is 0. The molecule has 2 bridgehead atoms. The molecule has 0 N–H and O–H groups in total. The number of hydrogen-bond acceptors (Lipinski definition) is 3. The fraction of sp³-hybridized carbons (Fsp3) is 0.474. The molecule has 5 heteroatoms. The summed E-state index contributed by atoms with van der Waals surface area (Å²) in [5.74, 6) is 1.03. The molecule has 0 amide bonds. The summed E-state index contributed by atoms with van der Waals surface area (Å²) in [6.45, 7) is 2.20. The van der Waals surface area contributed by atoms with Crippen molar-refractivity contribution in [3.05, 3.63) is 42.5 Å².